The van der Waals surface area contributed by atoms with Gasteiger partial charge in [0.05, 0.1) is 6.10 Å². The highest BCUT2D eigenvalue weighted by Gasteiger charge is 2.50. The van der Waals surface area contributed by atoms with Gasteiger partial charge >= 0.3 is 8.24 Å². The normalized spacial score (nSPS) is 20.3. The lowest BCUT2D eigenvalue weighted by Crippen LogP contribution is -2.28. The van der Waals surface area contributed by atoms with Gasteiger partial charge in [0.2, 0.25) is 0 Å². The van der Waals surface area contributed by atoms with E-state index in [1.807, 2.05) is 0 Å². The summed E-state index contributed by atoms with van der Waals surface area (Å²) in [7, 11) is -2.34. The van der Waals surface area contributed by atoms with Gasteiger partial charge in [0.15, 0.2) is 0 Å². The lowest BCUT2D eigenvalue weighted by Gasteiger charge is -2.37. The Hall–Kier alpha value is -3.61. The molecule has 3 nitrogen and oxygen atoms in total. The number of fused-ring (bicyclic) bond motifs is 5. The summed E-state index contributed by atoms with van der Waals surface area (Å²) in [4.78, 5) is 0. The van der Waals surface area contributed by atoms with Crippen LogP contribution in [0.2, 0.25) is 0 Å². The molecule has 0 saturated heterocycles. The van der Waals surface area contributed by atoms with Gasteiger partial charge in [-0.1, -0.05) is 187 Å². The van der Waals surface area contributed by atoms with Crippen molar-refractivity contribution in [1.82, 2.24) is 0 Å². The van der Waals surface area contributed by atoms with Gasteiger partial charge in [-0.2, -0.15) is 0 Å². The molecule has 2 aliphatic rings. The van der Waals surface area contributed by atoms with Crippen LogP contribution in [0.4, 0.5) is 0 Å². The zero-order chi connectivity index (χ0) is 41.2. The second kappa shape index (κ2) is 15.4. The molecule has 8 rings (SSSR count). The molecule has 5 unspecified atom stereocenters. The van der Waals surface area contributed by atoms with Crippen molar-refractivity contribution < 1.29 is 12.9 Å². The van der Waals surface area contributed by atoms with E-state index in [0.29, 0.717) is 17.5 Å². The third kappa shape index (κ3) is 8.14. The molecule has 0 radical (unpaired) electrons. The topological polar surface area (TPSA) is 35.5 Å². The highest BCUT2D eigenvalue weighted by Crippen LogP contribution is 2.65. The largest absolute Gasteiger partial charge is 0.399 e. The summed E-state index contributed by atoms with van der Waals surface area (Å²) in [6.07, 6.45) is 4.16. The van der Waals surface area contributed by atoms with Gasteiger partial charge < -0.3 is 8.39 Å². The molecule has 1 saturated carbocycles. The van der Waals surface area contributed by atoms with Gasteiger partial charge in [-0.3, -0.25) is 4.52 Å². The Balaban J connectivity index is 1.38. The third-order valence-electron chi connectivity index (χ3n) is 13.2. The minimum atomic E-state index is -1.78. The number of hydrogen-bond donors (Lipinski definition) is 0. The second-order valence-electron chi connectivity index (χ2n) is 20.9. The monoisotopic (exact) mass is 810 g/mol. The minimum Gasteiger partial charge on any atom is -0.399 e. The molecule has 0 spiro atoms. The van der Waals surface area contributed by atoms with Crippen LogP contribution in [0.1, 0.15) is 134 Å². The summed E-state index contributed by atoms with van der Waals surface area (Å²) in [6, 6.07) is 43.4. The Bertz CT molecular complexity index is 2390. The standard InChI is InChI=1S/C53H64O3P2/c1-50(2,3)38-27-41-42-28-39(51(4,5)6)31-45-48(42)56-58(55-47(41)44(30-38)52(7,8)9)54-46-32-40(53(45,10)11)29-43(46)49(37-25-19-14-20-26-37)57(33-35-21-15-12-16-22-35)34-36-23-17-13-18-24-36/h12-28,30-31,40,43,46,49H,29,32-34H2,1-11H3. The third-order valence-corrected chi connectivity index (χ3v) is 17.3. The Labute approximate surface area is 350 Å². The van der Waals surface area contributed by atoms with Crippen molar-refractivity contribution in [1.29, 1.82) is 0 Å². The molecule has 0 N–H and O–H groups in total. The molecule has 1 aliphatic heterocycles. The van der Waals surface area contributed by atoms with E-state index in [9.17, 15) is 0 Å². The van der Waals surface area contributed by atoms with E-state index in [1.54, 1.807) is 0 Å². The molecule has 5 heteroatoms. The maximum Gasteiger partial charge on any atom is 0.387 e. The van der Waals surface area contributed by atoms with Crippen LogP contribution < -0.4 is 4.52 Å². The Morgan fingerprint density at radius 3 is 1.66 bits per heavy atom. The highest BCUT2D eigenvalue weighted by molar-refractivity contribution is 7.56. The fraction of sp³-hybridized carbons (Fsp3) is 0.434. The second-order valence-corrected chi connectivity index (χ2v) is 24.3. The zero-order valence-corrected chi connectivity index (χ0v) is 38.5. The van der Waals surface area contributed by atoms with Gasteiger partial charge in [0.1, 0.15) is 11.2 Å². The maximum atomic E-state index is 7.50. The molecule has 0 amide bonds. The van der Waals surface area contributed by atoms with Crippen LogP contribution in [0.5, 0.6) is 0 Å². The molecule has 1 fully saturated rings. The summed E-state index contributed by atoms with van der Waals surface area (Å²) in [5.74, 6) is 0.684. The maximum absolute atomic E-state index is 7.50. The number of rotatable bonds is 7. The van der Waals surface area contributed by atoms with Crippen molar-refractivity contribution in [2.45, 2.75) is 135 Å². The van der Waals surface area contributed by atoms with E-state index in [2.05, 4.69) is 191 Å². The molecule has 1 aromatic heterocycles. The Kier molecular flexibility index (Phi) is 11.0. The summed E-state index contributed by atoms with van der Waals surface area (Å²) < 4.78 is 22.1. The Morgan fingerprint density at radius 1 is 0.621 bits per heavy atom. The number of benzene rings is 5. The fourth-order valence-electron chi connectivity index (χ4n) is 9.64. The van der Waals surface area contributed by atoms with Gasteiger partial charge in [0.25, 0.3) is 0 Å². The van der Waals surface area contributed by atoms with E-state index in [4.69, 9.17) is 12.9 Å². The first kappa shape index (κ1) is 41.1. The van der Waals surface area contributed by atoms with E-state index in [-0.39, 0.29) is 27.8 Å². The fourth-order valence-corrected chi connectivity index (χ4v) is 14.2. The lowest BCUT2D eigenvalue weighted by molar-refractivity contribution is 0.200. The van der Waals surface area contributed by atoms with Crippen LogP contribution in [0.25, 0.3) is 21.9 Å². The van der Waals surface area contributed by atoms with Crippen LogP contribution in [0, 0.1) is 11.8 Å². The van der Waals surface area contributed by atoms with Crippen LogP contribution in [-0.2, 0) is 34.0 Å². The predicted molar refractivity (Wildman–Crippen MR) is 248 cm³/mol. The van der Waals surface area contributed by atoms with Crippen molar-refractivity contribution in [2.75, 3.05) is 0 Å². The highest BCUT2D eigenvalue weighted by atomic mass is 31.1. The summed E-state index contributed by atoms with van der Waals surface area (Å²) in [6.45, 7) is 25.9. The van der Waals surface area contributed by atoms with Crippen LogP contribution in [0.15, 0.2) is 124 Å². The van der Waals surface area contributed by atoms with Crippen molar-refractivity contribution in [2.24, 2.45) is 11.8 Å². The molecule has 6 aromatic rings. The number of hydrogen-bond acceptors (Lipinski definition) is 3. The Morgan fingerprint density at radius 2 is 1.12 bits per heavy atom. The van der Waals surface area contributed by atoms with E-state index in [1.165, 1.54) is 38.9 Å². The average Bonchev–Trinajstić information content (AvgIpc) is 3.52. The summed E-state index contributed by atoms with van der Waals surface area (Å²) in [5, 5.41) is 2.27. The average molecular weight is 811 g/mol. The smallest absolute Gasteiger partial charge is 0.387 e. The van der Waals surface area contributed by atoms with Crippen molar-refractivity contribution in [3.63, 3.8) is 0 Å². The van der Waals surface area contributed by atoms with Gasteiger partial charge in [0, 0.05) is 27.6 Å². The molecule has 2 heterocycles. The first-order valence-corrected chi connectivity index (χ1v) is 24.3. The summed E-state index contributed by atoms with van der Waals surface area (Å²) >= 11 is 0. The molecule has 5 atom stereocenters. The molecule has 4 bridgehead atoms. The molecule has 304 valence electrons. The quantitative estimate of drug-likeness (QED) is 0.151. The predicted octanol–water partition coefficient (Wildman–Crippen LogP) is 15.9. The van der Waals surface area contributed by atoms with Crippen molar-refractivity contribution >= 4 is 38.1 Å². The minimum absolute atomic E-state index is 0.0227. The first-order chi connectivity index (χ1) is 27.4. The van der Waals surface area contributed by atoms with Gasteiger partial charge in [-0.05, 0) is 98.6 Å². The van der Waals surface area contributed by atoms with Crippen LogP contribution in [-0.4, -0.2) is 6.10 Å². The van der Waals surface area contributed by atoms with Crippen molar-refractivity contribution in [3.8, 4) is 0 Å². The SMILES string of the molecule is CC(C)(C)c1cc(C(C)(C)C)c2op3oc4c(cc(C(C)(C)C)cc4c2c1)C(C)(C)C1CC(O3)C(C(c2ccccc2)P(Cc2ccccc2)Cc2ccccc2)C1. The lowest BCUT2D eigenvalue weighted by atomic mass is 9.70. The first-order valence-electron chi connectivity index (χ1n) is 21.5. The molecular formula is C53H64O3P2. The van der Waals surface area contributed by atoms with E-state index >= 15 is 0 Å². The molecule has 5 aromatic carbocycles. The van der Waals surface area contributed by atoms with Crippen LogP contribution in [0.3, 0.4) is 0 Å². The molecule has 1 aliphatic carbocycles. The summed E-state index contributed by atoms with van der Waals surface area (Å²) in [5.41, 5.74) is 11.1. The van der Waals surface area contributed by atoms with E-state index in [0.717, 1.165) is 47.1 Å². The van der Waals surface area contributed by atoms with Gasteiger partial charge in [-0.15, -0.1) is 0 Å². The van der Waals surface area contributed by atoms with E-state index < -0.39 is 16.2 Å². The molecular weight excluding hydrogens is 747 g/mol. The molecule has 58 heavy (non-hydrogen) atoms. The zero-order valence-electron chi connectivity index (χ0n) is 36.7. The van der Waals surface area contributed by atoms with Crippen molar-refractivity contribution in [3.05, 3.63) is 154 Å². The van der Waals surface area contributed by atoms with Gasteiger partial charge in [-0.25, -0.2) is 0 Å². The van der Waals surface area contributed by atoms with Crippen LogP contribution >= 0.6 is 16.2 Å².